The van der Waals surface area contributed by atoms with Crippen molar-refractivity contribution in [2.24, 2.45) is 0 Å². The van der Waals surface area contributed by atoms with E-state index in [9.17, 15) is 14.3 Å². The van der Waals surface area contributed by atoms with Crippen molar-refractivity contribution in [3.8, 4) is 0 Å². The molecule has 0 saturated heterocycles. The molecule has 3 nitrogen and oxygen atoms in total. The van der Waals surface area contributed by atoms with Crippen LogP contribution in [0.5, 0.6) is 0 Å². The average Bonchev–Trinajstić information content (AvgIpc) is 2.30. The van der Waals surface area contributed by atoms with Gasteiger partial charge in [-0.1, -0.05) is 17.7 Å². The zero-order valence-electron chi connectivity index (χ0n) is 9.45. The summed E-state index contributed by atoms with van der Waals surface area (Å²) in [5.41, 5.74) is 0.487. The minimum atomic E-state index is -0.850. The SMILES string of the molecule is CCOC(=O)CCC(O)c1ccc(F)c(Cl)c1. The van der Waals surface area contributed by atoms with Gasteiger partial charge in [-0.15, -0.1) is 0 Å². The van der Waals surface area contributed by atoms with Crippen LogP contribution in [0.1, 0.15) is 31.4 Å². The van der Waals surface area contributed by atoms with Crippen LogP contribution in [0.2, 0.25) is 5.02 Å². The first kappa shape index (κ1) is 13.9. The maximum Gasteiger partial charge on any atom is 0.305 e. The van der Waals surface area contributed by atoms with Crippen molar-refractivity contribution in [2.45, 2.75) is 25.9 Å². The number of esters is 1. The van der Waals surface area contributed by atoms with Gasteiger partial charge in [0.05, 0.1) is 17.7 Å². The molecule has 1 unspecified atom stereocenters. The Bertz CT molecular complexity index is 395. The second kappa shape index (κ2) is 6.57. The van der Waals surface area contributed by atoms with Crippen LogP contribution in [0.15, 0.2) is 18.2 Å². The Morgan fingerprint density at radius 1 is 1.59 bits per heavy atom. The van der Waals surface area contributed by atoms with E-state index in [4.69, 9.17) is 16.3 Å². The molecule has 1 aromatic carbocycles. The Morgan fingerprint density at radius 3 is 2.88 bits per heavy atom. The van der Waals surface area contributed by atoms with Gasteiger partial charge in [-0.05, 0) is 31.0 Å². The number of hydrogen-bond donors (Lipinski definition) is 1. The largest absolute Gasteiger partial charge is 0.466 e. The molecule has 94 valence electrons. The van der Waals surface area contributed by atoms with E-state index >= 15 is 0 Å². The lowest BCUT2D eigenvalue weighted by Gasteiger charge is -2.11. The van der Waals surface area contributed by atoms with Crippen molar-refractivity contribution in [3.63, 3.8) is 0 Å². The fourth-order valence-corrected chi connectivity index (χ4v) is 1.56. The molecule has 5 heteroatoms. The third-order valence-electron chi connectivity index (χ3n) is 2.26. The number of carbonyl (C=O) groups is 1. The van der Waals surface area contributed by atoms with Gasteiger partial charge >= 0.3 is 5.97 Å². The highest BCUT2D eigenvalue weighted by Gasteiger charge is 2.12. The van der Waals surface area contributed by atoms with E-state index in [1.54, 1.807) is 6.92 Å². The fraction of sp³-hybridized carbons (Fsp3) is 0.417. The van der Waals surface area contributed by atoms with Crippen LogP contribution in [0, 0.1) is 5.82 Å². The summed E-state index contributed by atoms with van der Waals surface area (Å²) in [6.07, 6.45) is -0.511. The summed E-state index contributed by atoms with van der Waals surface area (Å²) in [6.45, 7) is 2.03. The van der Waals surface area contributed by atoms with Crippen LogP contribution < -0.4 is 0 Å². The second-order valence-electron chi connectivity index (χ2n) is 3.53. The standard InChI is InChI=1S/C12H14ClFO3/c1-2-17-12(16)6-5-11(15)8-3-4-10(14)9(13)7-8/h3-4,7,11,15H,2,5-6H2,1H3. The maximum absolute atomic E-state index is 12.9. The van der Waals surface area contributed by atoms with Crippen molar-refractivity contribution in [1.82, 2.24) is 0 Å². The van der Waals surface area contributed by atoms with Crippen LogP contribution in [0.25, 0.3) is 0 Å². The van der Waals surface area contributed by atoms with Gasteiger partial charge < -0.3 is 9.84 Å². The first-order chi connectivity index (χ1) is 8.04. The molecule has 0 aliphatic heterocycles. The molecular formula is C12H14ClFO3. The highest BCUT2D eigenvalue weighted by Crippen LogP contribution is 2.23. The highest BCUT2D eigenvalue weighted by molar-refractivity contribution is 6.30. The molecule has 0 spiro atoms. The predicted molar refractivity (Wildman–Crippen MR) is 62.2 cm³/mol. The van der Waals surface area contributed by atoms with E-state index in [-0.39, 0.29) is 23.8 Å². The highest BCUT2D eigenvalue weighted by atomic mass is 35.5. The van der Waals surface area contributed by atoms with Crippen molar-refractivity contribution < 1.29 is 19.0 Å². The summed E-state index contributed by atoms with van der Waals surface area (Å²) < 4.78 is 17.6. The van der Waals surface area contributed by atoms with Crippen molar-refractivity contribution in [3.05, 3.63) is 34.6 Å². The van der Waals surface area contributed by atoms with Gasteiger partial charge in [-0.25, -0.2) is 4.39 Å². The number of aliphatic hydroxyl groups excluding tert-OH is 1. The maximum atomic E-state index is 12.9. The van der Waals surface area contributed by atoms with Gasteiger partial charge in [0.25, 0.3) is 0 Å². The molecule has 0 radical (unpaired) electrons. The molecule has 0 heterocycles. The van der Waals surface area contributed by atoms with Gasteiger partial charge in [0, 0.05) is 6.42 Å². The van der Waals surface area contributed by atoms with Crippen molar-refractivity contribution >= 4 is 17.6 Å². The van der Waals surface area contributed by atoms with Gasteiger partial charge in [-0.2, -0.15) is 0 Å². The smallest absolute Gasteiger partial charge is 0.305 e. The molecule has 0 aliphatic rings. The summed E-state index contributed by atoms with van der Waals surface area (Å²) >= 11 is 5.59. The van der Waals surface area contributed by atoms with Crippen LogP contribution in [-0.2, 0) is 9.53 Å². The van der Waals surface area contributed by atoms with Crippen LogP contribution >= 0.6 is 11.6 Å². The van der Waals surface area contributed by atoms with Gasteiger partial charge in [0.1, 0.15) is 5.82 Å². The van der Waals surface area contributed by atoms with Crippen LogP contribution in [-0.4, -0.2) is 17.7 Å². The molecule has 0 aliphatic carbocycles. The third-order valence-corrected chi connectivity index (χ3v) is 2.55. The molecular weight excluding hydrogens is 247 g/mol. The summed E-state index contributed by atoms with van der Waals surface area (Å²) in [5.74, 6) is -0.896. The monoisotopic (exact) mass is 260 g/mol. The van der Waals surface area contributed by atoms with Crippen LogP contribution in [0.4, 0.5) is 4.39 Å². The number of ether oxygens (including phenoxy) is 1. The number of aliphatic hydroxyl groups is 1. The van der Waals surface area contributed by atoms with Gasteiger partial charge in [0.15, 0.2) is 0 Å². The van der Waals surface area contributed by atoms with E-state index in [2.05, 4.69) is 0 Å². The first-order valence-electron chi connectivity index (χ1n) is 5.33. The minimum Gasteiger partial charge on any atom is -0.466 e. The predicted octanol–water partition coefficient (Wildman–Crippen LogP) is 2.86. The summed E-state index contributed by atoms with van der Waals surface area (Å²) in [6, 6.07) is 3.98. The summed E-state index contributed by atoms with van der Waals surface area (Å²) in [4.78, 5) is 11.1. The number of carbonyl (C=O) groups excluding carboxylic acids is 1. The Kier molecular flexibility index (Phi) is 5.38. The quantitative estimate of drug-likeness (QED) is 0.828. The molecule has 0 bridgehead atoms. The Balaban J connectivity index is 2.54. The van der Waals surface area contributed by atoms with E-state index in [1.165, 1.54) is 18.2 Å². The number of benzene rings is 1. The molecule has 0 amide bonds. The van der Waals surface area contributed by atoms with E-state index in [1.807, 2.05) is 0 Å². The number of halogens is 2. The zero-order valence-corrected chi connectivity index (χ0v) is 10.2. The Morgan fingerprint density at radius 2 is 2.29 bits per heavy atom. The summed E-state index contributed by atoms with van der Waals surface area (Å²) in [5, 5.41) is 9.72. The number of hydrogen-bond acceptors (Lipinski definition) is 3. The lowest BCUT2D eigenvalue weighted by Crippen LogP contribution is -2.07. The van der Waals surface area contributed by atoms with Gasteiger partial charge in [0.2, 0.25) is 0 Å². The van der Waals surface area contributed by atoms with E-state index in [0.717, 1.165) is 0 Å². The van der Waals surface area contributed by atoms with Crippen molar-refractivity contribution in [2.75, 3.05) is 6.61 Å². The molecule has 1 N–H and O–H groups in total. The third kappa shape index (κ3) is 4.32. The fourth-order valence-electron chi connectivity index (χ4n) is 1.37. The molecule has 0 aromatic heterocycles. The molecule has 0 saturated carbocycles. The van der Waals surface area contributed by atoms with E-state index < -0.39 is 11.9 Å². The molecule has 1 aromatic rings. The zero-order chi connectivity index (χ0) is 12.8. The summed E-state index contributed by atoms with van der Waals surface area (Å²) in [7, 11) is 0. The lowest BCUT2D eigenvalue weighted by atomic mass is 10.1. The average molecular weight is 261 g/mol. The molecule has 1 atom stereocenters. The molecule has 17 heavy (non-hydrogen) atoms. The Hall–Kier alpha value is -1.13. The molecule has 1 rings (SSSR count). The van der Waals surface area contributed by atoms with Gasteiger partial charge in [-0.3, -0.25) is 4.79 Å². The second-order valence-corrected chi connectivity index (χ2v) is 3.94. The topological polar surface area (TPSA) is 46.5 Å². The normalized spacial score (nSPS) is 12.2. The minimum absolute atomic E-state index is 0.0438. The first-order valence-corrected chi connectivity index (χ1v) is 5.71. The van der Waals surface area contributed by atoms with Crippen molar-refractivity contribution in [1.29, 1.82) is 0 Å². The molecule has 0 fully saturated rings. The number of rotatable bonds is 5. The Labute approximate surface area is 104 Å². The van der Waals surface area contributed by atoms with Crippen LogP contribution in [0.3, 0.4) is 0 Å². The van der Waals surface area contributed by atoms with E-state index in [0.29, 0.717) is 12.2 Å². The lowest BCUT2D eigenvalue weighted by molar-refractivity contribution is -0.143.